The highest BCUT2D eigenvalue weighted by Crippen LogP contribution is 2.29. The average molecular weight is 325 g/mol. The van der Waals surface area contributed by atoms with Gasteiger partial charge in [0.15, 0.2) is 5.13 Å². The molecule has 0 spiro atoms. The van der Waals surface area contributed by atoms with E-state index in [4.69, 9.17) is 17.3 Å². The van der Waals surface area contributed by atoms with E-state index in [9.17, 15) is 4.79 Å². The molecule has 5 nitrogen and oxygen atoms in total. The van der Waals surface area contributed by atoms with Crippen molar-refractivity contribution in [1.29, 1.82) is 0 Å². The lowest BCUT2D eigenvalue weighted by Gasteiger charge is -2.25. The third kappa shape index (κ3) is 3.28. The Kier molecular flexibility index (Phi) is 4.69. The Morgan fingerprint density at radius 2 is 2.24 bits per heavy atom. The van der Waals surface area contributed by atoms with Gasteiger partial charge < -0.3 is 16.0 Å². The number of rotatable bonds is 4. The number of nitrogens with two attached hydrogens (primary N) is 1. The first-order chi connectivity index (χ1) is 9.93. The minimum atomic E-state index is -0.154. The van der Waals surface area contributed by atoms with Crippen molar-refractivity contribution >= 4 is 39.8 Å². The van der Waals surface area contributed by atoms with E-state index in [2.05, 4.69) is 10.3 Å². The highest BCUT2D eigenvalue weighted by Gasteiger charge is 2.23. The van der Waals surface area contributed by atoms with Gasteiger partial charge >= 0.3 is 0 Å². The lowest BCUT2D eigenvalue weighted by atomic mass is 10.1. The van der Waals surface area contributed by atoms with E-state index in [1.165, 1.54) is 11.3 Å². The molecule has 0 radical (unpaired) electrons. The number of anilines is 2. The summed E-state index contributed by atoms with van der Waals surface area (Å²) in [6, 6.07) is 7.35. The third-order valence-electron chi connectivity index (χ3n) is 3.29. The molecule has 1 unspecified atom stereocenters. The smallest absolute Gasteiger partial charge is 0.268 e. The molecule has 1 amide bonds. The van der Waals surface area contributed by atoms with Crippen LogP contribution in [0.15, 0.2) is 24.3 Å². The van der Waals surface area contributed by atoms with E-state index in [0.717, 1.165) is 5.56 Å². The minimum Gasteiger partial charge on any atom is -0.382 e. The molecule has 21 heavy (non-hydrogen) atoms. The molecule has 1 heterocycles. The Balaban J connectivity index is 2.24. The van der Waals surface area contributed by atoms with Crippen molar-refractivity contribution < 1.29 is 4.79 Å². The fourth-order valence-corrected chi connectivity index (χ4v) is 2.94. The van der Waals surface area contributed by atoms with Crippen LogP contribution in [0.3, 0.4) is 0 Å². The van der Waals surface area contributed by atoms with Crippen molar-refractivity contribution in [3.8, 4) is 0 Å². The number of benzene rings is 1. The van der Waals surface area contributed by atoms with Crippen LogP contribution in [-0.4, -0.2) is 29.9 Å². The molecule has 1 aromatic heterocycles. The number of carbonyl (C=O) groups is 1. The summed E-state index contributed by atoms with van der Waals surface area (Å²) in [5.74, 6) is 0.0958. The molecule has 7 heteroatoms. The van der Waals surface area contributed by atoms with E-state index in [-0.39, 0.29) is 17.8 Å². The third-order valence-corrected chi connectivity index (χ3v) is 4.61. The number of aromatic nitrogens is 1. The van der Waals surface area contributed by atoms with Crippen molar-refractivity contribution in [2.24, 2.45) is 0 Å². The van der Waals surface area contributed by atoms with Gasteiger partial charge in [-0.3, -0.25) is 4.79 Å². The van der Waals surface area contributed by atoms with E-state index in [1.807, 2.05) is 25.1 Å². The summed E-state index contributed by atoms with van der Waals surface area (Å²) in [4.78, 5) is 18.7. The molecular weight excluding hydrogens is 308 g/mol. The molecule has 112 valence electrons. The molecule has 0 saturated heterocycles. The number of nitrogens with zero attached hydrogens (tertiary/aromatic N) is 2. The van der Waals surface area contributed by atoms with Gasteiger partial charge in [0.1, 0.15) is 10.7 Å². The number of halogens is 1. The van der Waals surface area contributed by atoms with Gasteiger partial charge in [-0.1, -0.05) is 35.1 Å². The number of amides is 1. The maximum Gasteiger partial charge on any atom is 0.268 e. The number of carbonyl (C=O) groups excluding carboxylic acids is 1. The zero-order valence-electron chi connectivity index (χ0n) is 12.1. The van der Waals surface area contributed by atoms with Crippen molar-refractivity contribution in [1.82, 2.24) is 9.88 Å². The first-order valence-corrected chi connectivity index (χ1v) is 7.60. The van der Waals surface area contributed by atoms with Crippen LogP contribution in [0.1, 0.15) is 28.2 Å². The lowest BCUT2D eigenvalue weighted by Crippen LogP contribution is -2.29. The zero-order valence-corrected chi connectivity index (χ0v) is 13.6. The van der Waals surface area contributed by atoms with Crippen LogP contribution in [0.4, 0.5) is 10.9 Å². The average Bonchev–Trinajstić information content (AvgIpc) is 2.86. The van der Waals surface area contributed by atoms with Crippen LogP contribution in [0.5, 0.6) is 0 Å². The van der Waals surface area contributed by atoms with Gasteiger partial charge in [0.25, 0.3) is 5.91 Å². The van der Waals surface area contributed by atoms with Crippen molar-refractivity contribution in [2.75, 3.05) is 25.1 Å². The molecule has 0 fully saturated rings. The molecule has 2 rings (SSSR count). The Morgan fingerprint density at radius 3 is 2.81 bits per heavy atom. The van der Waals surface area contributed by atoms with Crippen LogP contribution < -0.4 is 11.1 Å². The number of hydrogen-bond donors (Lipinski definition) is 2. The fourth-order valence-electron chi connectivity index (χ4n) is 1.92. The minimum absolute atomic E-state index is 0.115. The van der Waals surface area contributed by atoms with Gasteiger partial charge in [0, 0.05) is 19.1 Å². The van der Waals surface area contributed by atoms with Crippen LogP contribution in [-0.2, 0) is 0 Å². The Morgan fingerprint density at radius 1 is 1.52 bits per heavy atom. The van der Waals surface area contributed by atoms with Crippen LogP contribution in [0.2, 0.25) is 5.02 Å². The molecule has 0 aliphatic heterocycles. The second kappa shape index (κ2) is 6.32. The number of nitrogens with one attached hydrogen (secondary N) is 1. The molecule has 0 aliphatic carbocycles. The molecule has 2 aromatic rings. The standard InChI is InChI=1S/C14H17ClN4OS/c1-8(9-5-4-6-10(15)7-9)19(3)13(20)11-12(16)18-14(17-2)21-11/h4-8H,16H2,1-3H3,(H,17,18). The Labute approximate surface area is 132 Å². The first-order valence-electron chi connectivity index (χ1n) is 6.40. The van der Waals surface area contributed by atoms with E-state index >= 15 is 0 Å². The molecule has 1 aromatic carbocycles. The number of nitrogen functional groups attached to an aromatic ring is 1. The Hall–Kier alpha value is -1.79. The van der Waals surface area contributed by atoms with Crippen LogP contribution in [0.25, 0.3) is 0 Å². The predicted octanol–water partition coefficient (Wildman–Crippen LogP) is 3.25. The highest BCUT2D eigenvalue weighted by atomic mass is 35.5. The second-order valence-electron chi connectivity index (χ2n) is 4.63. The molecular formula is C14H17ClN4OS. The lowest BCUT2D eigenvalue weighted by molar-refractivity contribution is 0.0748. The van der Waals surface area contributed by atoms with E-state index in [0.29, 0.717) is 15.0 Å². The normalized spacial score (nSPS) is 12.0. The molecule has 3 N–H and O–H groups in total. The van der Waals surface area contributed by atoms with Crippen molar-refractivity contribution in [3.63, 3.8) is 0 Å². The summed E-state index contributed by atoms with van der Waals surface area (Å²) < 4.78 is 0. The SMILES string of the molecule is CNc1nc(N)c(C(=O)N(C)C(C)c2cccc(Cl)c2)s1. The maximum absolute atomic E-state index is 12.6. The van der Waals surface area contributed by atoms with E-state index in [1.54, 1.807) is 25.1 Å². The van der Waals surface area contributed by atoms with Crippen LogP contribution >= 0.6 is 22.9 Å². The largest absolute Gasteiger partial charge is 0.382 e. The predicted molar refractivity (Wildman–Crippen MR) is 88.0 cm³/mol. The quantitative estimate of drug-likeness (QED) is 0.905. The molecule has 0 aliphatic rings. The molecule has 1 atom stereocenters. The monoisotopic (exact) mass is 324 g/mol. The van der Waals surface area contributed by atoms with Crippen LogP contribution in [0, 0.1) is 0 Å². The second-order valence-corrected chi connectivity index (χ2v) is 6.07. The summed E-state index contributed by atoms with van der Waals surface area (Å²) in [5.41, 5.74) is 6.78. The van der Waals surface area contributed by atoms with Gasteiger partial charge in [0.05, 0.1) is 6.04 Å². The Bertz CT molecular complexity index is 658. The summed E-state index contributed by atoms with van der Waals surface area (Å²) >= 11 is 7.25. The van der Waals surface area contributed by atoms with Gasteiger partial charge in [-0.25, -0.2) is 4.98 Å². The highest BCUT2D eigenvalue weighted by molar-refractivity contribution is 7.18. The van der Waals surface area contributed by atoms with Gasteiger partial charge in [-0.15, -0.1) is 0 Å². The first kappa shape index (κ1) is 15.6. The van der Waals surface area contributed by atoms with Gasteiger partial charge in [-0.05, 0) is 24.6 Å². The summed E-state index contributed by atoms with van der Waals surface area (Å²) in [5, 5.41) is 4.16. The topological polar surface area (TPSA) is 71.2 Å². The summed E-state index contributed by atoms with van der Waals surface area (Å²) in [6.45, 7) is 1.94. The van der Waals surface area contributed by atoms with Gasteiger partial charge in [-0.2, -0.15) is 0 Å². The fraction of sp³-hybridized carbons (Fsp3) is 0.286. The summed E-state index contributed by atoms with van der Waals surface area (Å²) in [6.07, 6.45) is 0. The van der Waals surface area contributed by atoms with Gasteiger partial charge in [0.2, 0.25) is 0 Å². The summed E-state index contributed by atoms with van der Waals surface area (Å²) in [7, 11) is 3.48. The molecule has 0 saturated carbocycles. The number of thiazole rings is 1. The van der Waals surface area contributed by atoms with Crippen molar-refractivity contribution in [3.05, 3.63) is 39.7 Å². The molecule has 0 bridgehead atoms. The maximum atomic E-state index is 12.6. The number of hydrogen-bond acceptors (Lipinski definition) is 5. The van der Waals surface area contributed by atoms with E-state index < -0.39 is 0 Å². The van der Waals surface area contributed by atoms with Crippen molar-refractivity contribution in [2.45, 2.75) is 13.0 Å². The zero-order chi connectivity index (χ0) is 15.6.